The fourth-order valence-corrected chi connectivity index (χ4v) is 4.89. The summed E-state index contributed by atoms with van der Waals surface area (Å²) in [6, 6.07) is 14.2. The second-order valence-corrected chi connectivity index (χ2v) is 7.75. The van der Waals surface area contributed by atoms with Gasteiger partial charge in [0, 0.05) is 21.9 Å². The van der Waals surface area contributed by atoms with Gasteiger partial charge in [-0.2, -0.15) is 0 Å². The number of rotatable bonds is 4. The predicted molar refractivity (Wildman–Crippen MR) is 89.6 cm³/mol. The Morgan fingerprint density at radius 3 is 2.75 bits per heavy atom. The van der Waals surface area contributed by atoms with Gasteiger partial charge >= 0.3 is 0 Å². The van der Waals surface area contributed by atoms with E-state index in [1.165, 1.54) is 27.5 Å². The highest BCUT2D eigenvalue weighted by molar-refractivity contribution is 7.99. The first kappa shape index (κ1) is 14.2. The molecule has 1 aromatic heterocycles. The Bertz CT molecular complexity index is 548. The third kappa shape index (κ3) is 2.95. The maximum Gasteiger partial charge on any atom is 0.0442 e. The van der Waals surface area contributed by atoms with Gasteiger partial charge in [-0.1, -0.05) is 38.1 Å². The van der Waals surface area contributed by atoms with Gasteiger partial charge in [-0.25, -0.2) is 0 Å². The van der Waals surface area contributed by atoms with Crippen molar-refractivity contribution >= 4 is 23.1 Å². The Labute approximate surface area is 129 Å². The average molecular weight is 303 g/mol. The van der Waals surface area contributed by atoms with Crippen LogP contribution in [-0.4, -0.2) is 5.75 Å². The largest absolute Gasteiger partial charge is 0.302 e. The highest BCUT2D eigenvalue weighted by Gasteiger charge is 2.25. The van der Waals surface area contributed by atoms with Crippen molar-refractivity contribution in [2.24, 2.45) is 5.92 Å². The molecule has 0 fully saturated rings. The van der Waals surface area contributed by atoms with E-state index in [2.05, 4.69) is 60.9 Å². The molecule has 0 saturated carbocycles. The van der Waals surface area contributed by atoms with Gasteiger partial charge in [0.05, 0.1) is 0 Å². The van der Waals surface area contributed by atoms with Crippen LogP contribution in [0.5, 0.6) is 0 Å². The van der Waals surface area contributed by atoms with Crippen molar-refractivity contribution in [3.63, 3.8) is 0 Å². The molecule has 2 aromatic rings. The van der Waals surface area contributed by atoms with Gasteiger partial charge in [0.25, 0.3) is 0 Å². The molecule has 1 aliphatic heterocycles. The third-order valence-electron chi connectivity index (χ3n) is 3.86. The Balaban J connectivity index is 1.83. The fourth-order valence-electron chi connectivity index (χ4n) is 2.80. The molecule has 0 spiro atoms. The van der Waals surface area contributed by atoms with Crippen LogP contribution in [0.2, 0.25) is 0 Å². The quantitative estimate of drug-likeness (QED) is 0.825. The van der Waals surface area contributed by atoms with Gasteiger partial charge in [-0.05, 0) is 41.2 Å². The minimum Gasteiger partial charge on any atom is -0.302 e. The molecule has 2 heterocycles. The van der Waals surface area contributed by atoms with Crippen LogP contribution in [0.25, 0.3) is 0 Å². The van der Waals surface area contributed by atoms with Gasteiger partial charge in [0.2, 0.25) is 0 Å². The molecule has 3 rings (SSSR count). The van der Waals surface area contributed by atoms with Crippen LogP contribution in [0.3, 0.4) is 0 Å². The summed E-state index contributed by atoms with van der Waals surface area (Å²) >= 11 is 3.85. The first-order chi connectivity index (χ1) is 9.75. The van der Waals surface area contributed by atoms with Crippen LogP contribution >= 0.6 is 23.1 Å². The molecule has 0 amide bonds. The lowest BCUT2D eigenvalue weighted by atomic mass is 9.97. The van der Waals surface area contributed by atoms with Gasteiger partial charge < -0.3 is 5.32 Å². The Morgan fingerprint density at radius 2 is 2.00 bits per heavy atom. The van der Waals surface area contributed by atoms with E-state index in [1.807, 2.05) is 23.1 Å². The molecule has 0 radical (unpaired) electrons. The van der Waals surface area contributed by atoms with Crippen molar-refractivity contribution in [2.45, 2.75) is 37.2 Å². The molecule has 3 heteroatoms. The van der Waals surface area contributed by atoms with E-state index in [-0.39, 0.29) is 0 Å². The minimum atomic E-state index is 0.455. The van der Waals surface area contributed by atoms with Gasteiger partial charge in [-0.3, -0.25) is 0 Å². The lowest BCUT2D eigenvalue weighted by Crippen LogP contribution is -2.31. The molecule has 106 valence electrons. The van der Waals surface area contributed by atoms with Gasteiger partial charge in [0.15, 0.2) is 0 Å². The van der Waals surface area contributed by atoms with E-state index in [1.54, 1.807) is 0 Å². The van der Waals surface area contributed by atoms with Gasteiger partial charge in [0.1, 0.15) is 0 Å². The van der Waals surface area contributed by atoms with Crippen molar-refractivity contribution in [3.8, 4) is 0 Å². The van der Waals surface area contributed by atoms with E-state index in [0.29, 0.717) is 18.0 Å². The smallest absolute Gasteiger partial charge is 0.0442 e. The number of hydrogen-bond donors (Lipinski definition) is 1. The SMILES string of the molecule is CC(C)C(NC1CCSc2ccccc21)c1cccs1. The molecule has 1 aromatic carbocycles. The number of fused-ring (bicyclic) bond motifs is 1. The summed E-state index contributed by atoms with van der Waals surface area (Å²) in [7, 11) is 0. The molecular formula is C17H21NS2. The zero-order valence-electron chi connectivity index (χ0n) is 12.0. The molecule has 2 unspecified atom stereocenters. The first-order valence-corrected chi connectivity index (χ1v) is 9.13. The number of hydrogen-bond acceptors (Lipinski definition) is 3. The van der Waals surface area contributed by atoms with Crippen molar-refractivity contribution < 1.29 is 0 Å². The van der Waals surface area contributed by atoms with Crippen LogP contribution in [0, 0.1) is 5.92 Å². The second-order valence-electron chi connectivity index (χ2n) is 5.63. The van der Waals surface area contributed by atoms with Crippen molar-refractivity contribution in [3.05, 3.63) is 52.2 Å². The molecule has 0 aliphatic carbocycles. The van der Waals surface area contributed by atoms with Crippen LogP contribution in [0.15, 0.2) is 46.7 Å². The Kier molecular flexibility index (Phi) is 4.49. The maximum atomic E-state index is 3.91. The summed E-state index contributed by atoms with van der Waals surface area (Å²) in [4.78, 5) is 2.90. The molecule has 20 heavy (non-hydrogen) atoms. The van der Waals surface area contributed by atoms with Crippen molar-refractivity contribution in [1.29, 1.82) is 0 Å². The Morgan fingerprint density at radius 1 is 1.15 bits per heavy atom. The summed E-state index contributed by atoms with van der Waals surface area (Å²) in [5, 5.41) is 6.09. The van der Waals surface area contributed by atoms with E-state index in [4.69, 9.17) is 0 Å². The Hall–Kier alpha value is -0.770. The second kappa shape index (κ2) is 6.33. The normalized spacial score (nSPS) is 19.9. The highest BCUT2D eigenvalue weighted by Crippen LogP contribution is 2.38. The summed E-state index contributed by atoms with van der Waals surface area (Å²) in [5.74, 6) is 1.82. The molecule has 1 N–H and O–H groups in total. The molecule has 0 bridgehead atoms. The van der Waals surface area contributed by atoms with Gasteiger partial charge in [-0.15, -0.1) is 23.1 Å². The average Bonchev–Trinajstić information content (AvgIpc) is 2.98. The summed E-state index contributed by atoms with van der Waals surface area (Å²) in [6.45, 7) is 4.61. The summed E-state index contributed by atoms with van der Waals surface area (Å²) in [5.41, 5.74) is 1.48. The number of benzene rings is 1. The number of thioether (sulfide) groups is 1. The zero-order valence-corrected chi connectivity index (χ0v) is 13.6. The molecular weight excluding hydrogens is 282 g/mol. The molecule has 0 saturated heterocycles. The highest BCUT2D eigenvalue weighted by atomic mass is 32.2. The first-order valence-electron chi connectivity index (χ1n) is 7.27. The monoisotopic (exact) mass is 303 g/mol. The molecule has 1 aliphatic rings. The van der Waals surface area contributed by atoms with Crippen molar-refractivity contribution in [1.82, 2.24) is 5.32 Å². The lowest BCUT2D eigenvalue weighted by molar-refractivity contribution is 0.358. The summed E-state index contributed by atoms with van der Waals surface area (Å²) in [6.07, 6.45) is 1.22. The predicted octanol–water partition coefficient (Wildman–Crippen LogP) is 5.27. The number of nitrogens with one attached hydrogen (secondary N) is 1. The van der Waals surface area contributed by atoms with Crippen molar-refractivity contribution in [2.75, 3.05) is 5.75 Å². The maximum absolute atomic E-state index is 3.91. The lowest BCUT2D eigenvalue weighted by Gasteiger charge is -2.31. The van der Waals surface area contributed by atoms with Crippen LogP contribution in [0.1, 0.15) is 42.8 Å². The molecule has 2 atom stereocenters. The standard InChI is InChI=1S/C17H21NS2/c1-12(2)17(16-8-5-10-19-16)18-14-9-11-20-15-7-4-3-6-13(14)15/h3-8,10,12,14,17-18H,9,11H2,1-2H3. The van der Waals surface area contributed by atoms with E-state index in [9.17, 15) is 0 Å². The van der Waals surface area contributed by atoms with E-state index < -0.39 is 0 Å². The summed E-state index contributed by atoms with van der Waals surface area (Å²) < 4.78 is 0. The zero-order chi connectivity index (χ0) is 13.9. The van der Waals surface area contributed by atoms with E-state index >= 15 is 0 Å². The minimum absolute atomic E-state index is 0.455. The van der Waals surface area contributed by atoms with Crippen LogP contribution in [0.4, 0.5) is 0 Å². The molecule has 1 nitrogen and oxygen atoms in total. The number of thiophene rings is 1. The fraction of sp³-hybridized carbons (Fsp3) is 0.412. The topological polar surface area (TPSA) is 12.0 Å². The third-order valence-corrected chi connectivity index (χ3v) is 5.93. The van der Waals surface area contributed by atoms with Crippen LogP contribution < -0.4 is 5.32 Å². The van der Waals surface area contributed by atoms with Crippen LogP contribution in [-0.2, 0) is 0 Å². The van der Waals surface area contributed by atoms with E-state index in [0.717, 1.165) is 0 Å².